The van der Waals surface area contributed by atoms with Crippen LogP contribution in [0.2, 0.25) is 0 Å². The average Bonchev–Trinajstić information content (AvgIpc) is 2.86. The molecule has 1 amide bonds. The van der Waals surface area contributed by atoms with E-state index in [0.717, 1.165) is 29.7 Å². The number of halogens is 1. The Kier molecular flexibility index (Phi) is 4.60. The third-order valence-electron chi connectivity index (χ3n) is 2.93. The Hall–Kier alpha value is -1.07. The van der Waals surface area contributed by atoms with Crippen LogP contribution in [0.4, 0.5) is 5.69 Å². The van der Waals surface area contributed by atoms with E-state index in [4.69, 9.17) is 4.74 Å². The van der Waals surface area contributed by atoms with E-state index in [2.05, 4.69) is 26.6 Å². The third kappa shape index (κ3) is 3.23. The topological polar surface area (TPSA) is 50.4 Å². The molecule has 5 heteroatoms. The molecule has 0 aliphatic carbocycles. The standard InChI is InChI=1S/C13H17BrN2O2/c1-2-18-12-7-10(14)3-4-11(12)16-13(17)9-5-6-15-8-9/h3-4,7,9,15H,2,5-6,8H2,1H3,(H,16,17). The summed E-state index contributed by atoms with van der Waals surface area (Å²) in [6.07, 6.45) is 0.895. The van der Waals surface area contributed by atoms with Crippen molar-refractivity contribution < 1.29 is 9.53 Å². The molecule has 1 fully saturated rings. The molecule has 2 rings (SSSR count). The zero-order valence-electron chi connectivity index (χ0n) is 10.3. The molecule has 1 atom stereocenters. The van der Waals surface area contributed by atoms with Crippen LogP contribution in [-0.2, 0) is 4.79 Å². The minimum Gasteiger partial charge on any atom is -0.492 e. The molecule has 18 heavy (non-hydrogen) atoms. The molecule has 0 bridgehead atoms. The highest BCUT2D eigenvalue weighted by Gasteiger charge is 2.23. The summed E-state index contributed by atoms with van der Waals surface area (Å²) in [5.41, 5.74) is 0.733. The number of rotatable bonds is 4. The number of hydrogen-bond donors (Lipinski definition) is 2. The van der Waals surface area contributed by atoms with Crippen molar-refractivity contribution in [3.63, 3.8) is 0 Å². The molecule has 0 spiro atoms. The van der Waals surface area contributed by atoms with Crippen molar-refractivity contribution in [2.45, 2.75) is 13.3 Å². The molecule has 1 aliphatic heterocycles. The van der Waals surface area contributed by atoms with Gasteiger partial charge in [0, 0.05) is 11.0 Å². The van der Waals surface area contributed by atoms with E-state index in [-0.39, 0.29) is 11.8 Å². The van der Waals surface area contributed by atoms with Crippen molar-refractivity contribution >= 4 is 27.5 Å². The Labute approximate surface area is 115 Å². The Morgan fingerprint density at radius 2 is 2.44 bits per heavy atom. The van der Waals surface area contributed by atoms with Crippen molar-refractivity contribution in [2.75, 3.05) is 25.0 Å². The molecule has 1 unspecified atom stereocenters. The van der Waals surface area contributed by atoms with Crippen molar-refractivity contribution in [1.82, 2.24) is 5.32 Å². The maximum Gasteiger partial charge on any atom is 0.228 e. The lowest BCUT2D eigenvalue weighted by Crippen LogP contribution is -2.24. The van der Waals surface area contributed by atoms with Crippen LogP contribution in [0.15, 0.2) is 22.7 Å². The van der Waals surface area contributed by atoms with Crippen molar-refractivity contribution in [3.8, 4) is 5.75 Å². The Morgan fingerprint density at radius 1 is 1.61 bits per heavy atom. The molecule has 1 aromatic rings. The SMILES string of the molecule is CCOc1cc(Br)ccc1NC(=O)C1CCNC1. The van der Waals surface area contributed by atoms with Gasteiger partial charge in [0.2, 0.25) is 5.91 Å². The van der Waals surface area contributed by atoms with Crippen LogP contribution in [-0.4, -0.2) is 25.6 Å². The number of carbonyl (C=O) groups is 1. The fraction of sp³-hybridized carbons (Fsp3) is 0.462. The van der Waals surface area contributed by atoms with E-state index in [1.54, 1.807) is 0 Å². The molecule has 1 aliphatic rings. The van der Waals surface area contributed by atoms with Gasteiger partial charge in [0.15, 0.2) is 0 Å². The van der Waals surface area contributed by atoms with E-state index >= 15 is 0 Å². The number of amides is 1. The first kappa shape index (κ1) is 13.4. The Balaban J connectivity index is 2.09. The molecule has 1 saturated heterocycles. The first-order chi connectivity index (χ1) is 8.70. The predicted octanol–water partition coefficient (Wildman–Crippen LogP) is 2.40. The normalized spacial score (nSPS) is 18.7. The van der Waals surface area contributed by atoms with Crippen molar-refractivity contribution in [1.29, 1.82) is 0 Å². The van der Waals surface area contributed by atoms with Gasteiger partial charge in [0.1, 0.15) is 5.75 Å². The molecule has 1 heterocycles. The van der Waals surface area contributed by atoms with Gasteiger partial charge in [-0.05, 0) is 38.1 Å². The van der Waals surface area contributed by atoms with E-state index in [9.17, 15) is 4.79 Å². The van der Waals surface area contributed by atoms with Gasteiger partial charge < -0.3 is 15.4 Å². The lowest BCUT2D eigenvalue weighted by atomic mass is 10.1. The van der Waals surface area contributed by atoms with Gasteiger partial charge in [-0.1, -0.05) is 15.9 Å². The highest BCUT2D eigenvalue weighted by atomic mass is 79.9. The molecule has 0 saturated carbocycles. The summed E-state index contributed by atoms with van der Waals surface area (Å²) >= 11 is 3.40. The Morgan fingerprint density at radius 3 is 3.11 bits per heavy atom. The van der Waals surface area contributed by atoms with Gasteiger partial charge in [-0.3, -0.25) is 4.79 Å². The second kappa shape index (κ2) is 6.20. The maximum atomic E-state index is 12.0. The minimum atomic E-state index is 0.0584. The highest BCUT2D eigenvalue weighted by molar-refractivity contribution is 9.10. The highest BCUT2D eigenvalue weighted by Crippen LogP contribution is 2.29. The van der Waals surface area contributed by atoms with Crippen molar-refractivity contribution in [3.05, 3.63) is 22.7 Å². The van der Waals surface area contributed by atoms with Gasteiger partial charge in [0.05, 0.1) is 18.2 Å². The molecule has 0 aromatic heterocycles. The second-order valence-electron chi connectivity index (χ2n) is 4.25. The number of ether oxygens (including phenoxy) is 1. The van der Waals surface area contributed by atoms with Crippen LogP contribution in [0.3, 0.4) is 0 Å². The third-order valence-corrected chi connectivity index (χ3v) is 3.43. The number of carbonyl (C=O) groups excluding carboxylic acids is 1. The molecular weight excluding hydrogens is 296 g/mol. The number of nitrogens with one attached hydrogen (secondary N) is 2. The molecule has 4 nitrogen and oxygen atoms in total. The summed E-state index contributed by atoms with van der Waals surface area (Å²) in [7, 11) is 0. The smallest absolute Gasteiger partial charge is 0.228 e. The zero-order chi connectivity index (χ0) is 13.0. The zero-order valence-corrected chi connectivity index (χ0v) is 11.9. The van der Waals surface area contributed by atoms with Gasteiger partial charge in [-0.15, -0.1) is 0 Å². The Bertz CT molecular complexity index is 431. The van der Waals surface area contributed by atoms with Crippen LogP contribution < -0.4 is 15.4 Å². The van der Waals surface area contributed by atoms with Gasteiger partial charge in [-0.25, -0.2) is 0 Å². The van der Waals surface area contributed by atoms with Crippen LogP contribution >= 0.6 is 15.9 Å². The summed E-state index contributed by atoms with van der Waals surface area (Å²) in [6, 6.07) is 5.62. The monoisotopic (exact) mass is 312 g/mol. The number of benzene rings is 1. The van der Waals surface area contributed by atoms with Crippen LogP contribution in [0, 0.1) is 5.92 Å². The van der Waals surface area contributed by atoms with E-state index in [1.807, 2.05) is 25.1 Å². The predicted molar refractivity (Wildman–Crippen MR) is 74.9 cm³/mol. The minimum absolute atomic E-state index is 0.0584. The summed E-state index contributed by atoms with van der Waals surface area (Å²) in [6.45, 7) is 4.17. The summed E-state index contributed by atoms with van der Waals surface area (Å²) in [5, 5.41) is 6.13. The van der Waals surface area contributed by atoms with E-state index in [1.165, 1.54) is 0 Å². The largest absolute Gasteiger partial charge is 0.492 e. The van der Waals surface area contributed by atoms with Crippen LogP contribution in [0.1, 0.15) is 13.3 Å². The van der Waals surface area contributed by atoms with Crippen LogP contribution in [0.5, 0.6) is 5.75 Å². The second-order valence-corrected chi connectivity index (χ2v) is 5.17. The lowest BCUT2D eigenvalue weighted by Gasteiger charge is -2.14. The molecule has 0 radical (unpaired) electrons. The molecule has 1 aromatic carbocycles. The van der Waals surface area contributed by atoms with E-state index in [0.29, 0.717) is 12.4 Å². The maximum absolute atomic E-state index is 12.0. The molecule has 2 N–H and O–H groups in total. The summed E-state index contributed by atoms with van der Waals surface area (Å²) in [4.78, 5) is 12.0. The van der Waals surface area contributed by atoms with Gasteiger partial charge in [0.25, 0.3) is 0 Å². The lowest BCUT2D eigenvalue weighted by molar-refractivity contribution is -0.119. The number of hydrogen-bond acceptors (Lipinski definition) is 3. The fourth-order valence-electron chi connectivity index (χ4n) is 1.99. The fourth-order valence-corrected chi connectivity index (χ4v) is 2.33. The van der Waals surface area contributed by atoms with Gasteiger partial charge >= 0.3 is 0 Å². The molecule has 98 valence electrons. The van der Waals surface area contributed by atoms with Crippen molar-refractivity contribution in [2.24, 2.45) is 5.92 Å². The van der Waals surface area contributed by atoms with Gasteiger partial charge in [-0.2, -0.15) is 0 Å². The quantitative estimate of drug-likeness (QED) is 0.897. The van der Waals surface area contributed by atoms with Crippen LogP contribution in [0.25, 0.3) is 0 Å². The first-order valence-electron chi connectivity index (χ1n) is 6.14. The molecular formula is C13H17BrN2O2. The number of anilines is 1. The van der Waals surface area contributed by atoms with E-state index < -0.39 is 0 Å². The average molecular weight is 313 g/mol. The summed E-state index contributed by atoms with van der Waals surface area (Å²) in [5.74, 6) is 0.817. The first-order valence-corrected chi connectivity index (χ1v) is 6.94. The summed E-state index contributed by atoms with van der Waals surface area (Å²) < 4.78 is 6.46.